The summed E-state index contributed by atoms with van der Waals surface area (Å²) >= 11 is 0. The third kappa shape index (κ3) is 0.421. The van der Waals surface area contributed by atoms with Crippen LogP contribution in [-0.2, 0) is 0 Å². The predicted octanol–water partition coefficient (Wildman–Crippen LogP) is 2.77. The van der Waals surface area contributed by atoms with Crippen molar-refractivity contribution in [3.05, 3.63) is 0 Å². The van der Waals surface area contributed by atoms with Gasteiger partial charge in [0.1, 0.15) is 11.3 Å². The average molecular weight is 170 g/mol. The Labute approximate surface area is 70.3 Å². The first-order valence-electron chi connectivity index (χ1n) is 4.87. The second-order valence-corrected chi connectivity index (χ2v) is 5.92. The molecule has 0 aliphatic heterocycles. The largest absolute Gasteiger partial charge is 0.244 e. The van der Waals surface area contributed by atoms with Crippen molar-refractivity contribution in [2.24, 2.45) is 10.8 Å². The van der Waals surface area contributed by atoms with Gasteiger partial charge in [0.15, 0.2) is 0 Å². The fourth-order valence-electron chi connectivity index (χ4n) is 5.10. The molecule has 0 aromatic heterocycles. The van der Waals surface area contributed by atoms with E-state index < -0.39 is 11.3 Å². The first kappa shape index (κ1) is 6.33. The van der Waals surface area contributed by atoms with Gasteiger partial charge < -0.3 is 0 Å². The molecule has 5 fully saturated rings. The van der Waals surface area contributed by atoms with Gasteiger partial charge in [-0.1, -0.05) is 0 Å². The lowest BCUT2D eigenvalue weighted by atomic mass is 9.70. The third-order valence-corrected chi connectivity index (χ3v) is 4.93. The van der Waals surface area contributed by atoms with Crippen LogP contribution < -0.4 is 0 Å². The van der Waals surface area contributed by atoms with E-state index in [1.807, 2.05) is 0 Å². The molecule has 2 heteroatoms. The normalized spacial score (nSPS) is 76.5. The smallest absolute Gasteiger partial charge is 0.115 e. The summed E-state index contributed by atoms with van der Waals surface area (Å²) in [6, 6.07) is 0. The molecule has 5 saturated carbocycles. The van der Waals surface area contributed by atoms with Crippen LogP contribution in [0.1, 0.15) is 38.5 Å². The second-order valence-electron chi connectivity index (χ2n) is 5.92. The van der Waals surface area contributed by atoms with Crippen molar-refractivity contribution in [3.8, 4) is 0 Å². The van der Waals surface area contributed by atoms with Crippen LogP contribution >= 0.6 is 0 Å². The minimum Gasteiger partial charge on any atom is -0.244 e. The number of hydrogen-bond donors (Lipinski definition) is 0. The fourth-order valence-corrected chi connectivity index (χ4v) is 5.10. The van der Waals surface area contributed by atoms with Gasteiger partial charge in [-0.15, -0.1) is 0 Å². The van der Waals surface area contributed by atoms with E-state index in [-0.39, 0.29) is 17.3 Å². The molecule has 4 bridgehead atoms. The summed E-state index contributed by atoms with van der Waals surface area (Å²) in [6.45, 7) is 0. The van der Waals surface area contributed by atoms with Crippen molar-refractivity contribution in [1.82, 2.24) is 0 Å². The Balaban J connectivity index is 1.93. The van der Waals surface area contributed by atoms with Gasteiger partial charge >= 0.3 is 0 Å². The van der Waals surface area contributed by atoms with E-state index in [0.717, 1.165) is 6.42 Å². The molecule has 0 nitrogen and oxygen atoms in total. The van der Waals surface area contributed by atoms with E-state index in [2.05, 4.69) is 0 Å². The number of alkyl halides is 2. The molecular formula is C10H12F2. The molecule has 0 N–H and O–H groups in total. The summed E-state index contributed by atoms with van der Waals surface area (Å²) in [6.07, 6.45) is 4.09. The summed E-state index contributed by atoms with van der Waals surface area (Å²) in [7, 11) is 0. The molecular weight excluding hydrogens is 158 g/mol. The van der Waals surface area contributed by atoms with E-state index in [1.54, 1.807) is 0 Å². The molecule has 0 saturated heterocycles. The van der Waals surface area contributed by atoms with E-state index >= 15 is 0 Å². The molecule has 0 radical (unpaired) electrons. The molecule has 0 aromatic rings. The zero-order valence-electron chi connectivity index (χ0n) is 7.00. The SMILES string of the molecule is FC12CC3(F)CC4(C1)CC4(C2)C3. The Bertz CT molecular complexity index is 243. The van der Waals surface area contributed by atoms with Gasteiger partial charge in [0.2, 0.25) is 0 Å². The average Bonchev–Trinajstić information content (AvgIpc) is 2.13. The second kappa shape index (κ2) is 1.18. The maximum absolute atomic E-state index is 13.9. The molecule has 0 atom stereocenters. The molecule has 66 valence electrons. The lowest BCUT2D eigenvalue weighted by Crippen LogP contribution is -2.43. The molecule has 0 unspecified atom stereocenters. The van der Waals surface area contributed by atoms with Crippen LogP contribution in [0.3, 0.4) is 0 Å². The lowest BCUT2D eigenvalue weighted by Gasteiger charge is -2.41. The van der Waals surface area contributed by atoms with E-state index in [0.29, 0.717) is 25.7 Å². The molecule has 12 heavy (non-hydrogen) atoms. The Hall–Kier alpha value is -0.140. The molecule has 2 spiro atoms. The van der Waals surface area contributed by atoms with Crippen molar-refractivity contribution >= 4 is 0 Å². The van der Waals surface area contributed by atoms with Crippen molar-refractivity contribution in [3.63, 3.8) is 0 Å². The van der Waals surface area contributed by atoms with Crippen molar-refractivity contribution in [2.75, 3.05) is 0 Å². The van der Waals surface area contributed by atoms with Gasteiger partial charge in [-0.05, 0) is 42.9 Å². The van der Waals surface area contributed by atoms with Crippen LogP contribution in [0.2, 0.25) is 0 Å². The summed E-state index contributed by atoms with van der Waals surface area (Å²) in [4.78, 5) is 0. The van der Waals surface area contributed by atoms with Crippen LogP contribution in [0.15, 0.2) is 0 Å². The number of rotatable bonds is 0. The number of hydrogen-bond acceptors (Lipinski definition) is 0. The Morgan fingerprint density at radius 1 is 0.583 bits per heavy atom. The Morgan fingerprint density at radius 2 is 1.00 bits per heavy atom. The highest BCUT2D eigenvalue weighted by atomic mass is 19.2. The van der Waals surface area contributed by atoms with Gasteiger partial charge in [0.25, 0.3) is 0 Å². The van der Waals surface area contributed by atoms with Crippen LogP contribution in [0.4, 0.5) is 8.78 Å². The summed E-state index contributed by atoms with van der Waals surface area (Å²) in [5, 5.41) is 0. The highest BCUT2D eigenvalue weighted by Crippen LogP contribution is 2.90. The Morgan fingerprint density at radius 3 is 1.33 bits per heavy atom. The van der Waals surface area contributed by atoms with E-state index in [4.69, 9.17) is 0 Å². The summed E-state index contributed by atoms with van der Waals surface area (Å²) in [5.74, 6) is 0. The summed E-state index contributed by atoms with van der Waals surface area (Å²) < 4.78 is 27.8. The molecule has 0 amide bonds. The minimum atomic E-state index is -1.09. The lowest BCUT2D eigenvalue weighted by molar-refractivity contribution is -0.0374. The van der Waals surface area contributed by atoms with Gasteiger partial charge in [0.05, 0.1) is 0 Å². The monoisotopic (exact) mass is 170 g/mol. The third-order valence-electron chi connectivity index (χ3n) is 4.93. The fraction of sp³-hybridized carbons (Fsp3) is 1.00. The first-order valence-corrected chi connectivity index (χ1v) is 4.87. The topological polar surface area (TPSA) is 0 Å². The van der Waals surface area contributed by atoms with Gasteiger partial charge in [0, 0.05) is 6.42 Å². The van der Waals surface area contributed by atoms with Crippen LogP contribution in [0.25, 0.3) is 0 Å². The zero-order valence-corrected chi connectivity index (χ0v) is 7.00. The molecule has 5 aliphatic carbocycles. The molecule has 0 aromatic carbocycles. The van der Waals surface area contributed by atoms with Crippen molar-refractivity contribution < 1.29 is 8.78 Å². The van der Waals surface area contributed by atoms with Gasteiger partial charge in [-0.2, -0.15) is 0 Å². The maximum Gasteiger partial charge on any atom is 0.115 e. The van der Waals surface area contributed by atoms with E-state index in [1.165, 1.54) is 0 Å². The molecule has 0 heterocycles. The standard InChI is InChI=1S/C10H12F2/c11-9-2-7-1-8(7,4-9)5-10(12,3-7)6-9/h1-6H2. The van der Waals surface area contributed by atoms with Crippen LogP contribution in [0.5, 0.6) is 0 Å². The van der Waals surface area contributed by atoms with E-state index in [9.17, 15) is 8.78 Å². The van der Waals surface area contributed by atoms with Crippen LogP contribution in [0, 0.1) is 10.8 Å². The summed E-state index contributed by atoms with van der Waals surface area (Å²) in [5.41, 5.74) is -1.89. The van der Waals surface area contributed by atoms with Crippen molar-refractivity contribution in [1.29, 1.82) is 0 Å². The van der Waals surface area contributed by atoms with Crippen molar-refractivity contribution in [2.45, 2.75) is 49.9 Å². The maximum atomic E-state index is 13.9. The first-order chi connectivity index (χ1) is 5.49. The zero-order chi connectivity index (χ0) is 8.24. The minimum absolute atomic E-state index is 0.148. The molecule has 5 aliphatic rings. The van der Waals surface area contributed by atoms with Gasteiger partial charge in [-0.25, -0.2) is 8.78 Å². The Kier molecular flexibility index (Phi) is 0.625. The number of halogens is 2. The van der Waals surface area contributed by atoms with Gasteiger partial charge in [-0.3, -0.25) is 0 Å². The van der Waals surface area contributed by atoms with Crippen LogP contribution in [-0.4, -0.2) is 11.3 Å². The molecule has 5 rings (SSSR count). The highest BCUT2D eigenvalue weighted by molar-refractivity contribution is 5.35. The quantitative estimate of drug-likeness (QED) is 0.524. The highest BCUT2D eigenvalue weighted by Gasteiger charge is 2.86. The predicted molar refractivity (Wildman–Crippen MR) is 40.2 cm³/mol.